The number of amides is 1. The van der Waals surface area contributed by atoms with Crippen LogP contribution in [0.3, 0.4) is 0 Å². The first kappa shape index (κ1) is 19.7. The van der Waals surface area contributed by atoms with Gasteiger partial charge >= 0.3 is 0 Å². The molecule has 0 spiro atoms. The van der Waals surface area contributed by atoms with Crippen molar-refractivity contribution in [3.8, 4) is 5.75 Å². The molecule has 0 unspecified atom stereocenters. The summed E-state index contributed by atoms with van der Waals surface area (Å²) < 4.78 is 10.8. The number of benzene rings is 1. The average Bonchev–Trinajstić information content (AvgIpc) is 2.63. The molecule has 1 heterocycles. The van der Waals surface area contributed by atoms with E-state index in [0.717, 1.165) is 25.1 Å². The van der Waals surface area contributed by atoms with E-state index in [0.29, 0.717) is 26.2 Å². The van der Waals surface area contributed by atoms with Gasteiger partial charge in [-0.2, -0.15) is 0 Å². The maximum atomic E-state index is 11.6. The highest BCUT2D eigenvalue weighted by Crippen LogP contribution is 2.17. The van der Waals surface area contributed by atoms with Crippen molar-refractivity contribution in [2.75, 3.05) is 40.0 Å². The summed E-state index contributed by atoms with van der Waals surface area (Å²) in [6.45, 7) is 5.31. The molecule has 1 aliphatic rings. The molecule has 1 amide bonds. The molecule has 1 saturated heterocycles. The van der Waals surface area contributed by atoms with Gasteiger partial charge < -0.3 is 14.8 Å². The highest BCUT2D eigenvalue weighted by atomic mass is 16.5. The van der Waals surface area contributed by atoms with Crippen molar-refractivity contribution in [2.45, 2.75) is 45.1 Å². The number of hydrogen-bond acceptors (Lipinski definition) is 4. The summed E-state index contributed by atoms with van der Waals surface area (Å²) in [5.74, 6) is 1.00. The molecule has 1 aromatic carbocycles. The van der Waals surface area contributed by atoms with Crippen molar-refractivity contribution in [2.24, 2.45) is 0 Å². The maximum absolute atomic E-state index is 11.6. The molecule has 1 fully saturated rings. The van der Waals surface area contributed by atoms with Gasteiger partial charge in [-0.1, -0.05) is 18.6 Å². The first-order valence-electron chi connectivity index (χ1n) is 9.47. The lowest BCUT2D eigenvalue weighted by Crippen LogP contribution is -2.29. The smallest absolute Gasteiger partial charge is 0.220 e. The zero-order valence-corrected chi connectivity index (χ0v) is 15.5. The van der Waals surface area contributed by atoms with Gasteiger partial charge in [-0.15, -0.1) is 0 Å². The number of hydrogen-bond donors (Lipinski definition) is 1. The monoisotopic (exact) mass is 348 g/mol. The number of nitrogens with one attached hydrogen (secondary N) is 1. The van der Waals surface area contributed by atoms with E-state index < -0.39 is 0 Å². The van der Waals surface area contributed by atoms with Crippen LogP contribution in [-0.2, 0) is 16.1 Å². The van der Waals surface area contributed by atoms with Crippen LogP contribution in [0.25, 0.3) is 0 Å². The minimum absolute atomic E-state index is 0.0839. The van der Waals surface area contributed by atoms with Crippen LogP contribution in [0, 0.1) is 0 Å². The summed E-state index contributed by atoms with van der Waals surface area (Å²) in [6, 6.07) is 8.37. The van der Waals surface area contributed by atoms with Gasteiger partial charge in [0.05, 0.1) is 6.61 Å². The number of carbonyl (C=O) groups is 1. The Morgan fingerprint density at radius 2 is 2.00 bits per heavy atom. The molecule has 0 radical (unpaired) electrons. The zero-order chi connectivity index (χ0) is 17.7. The topological polar surface area (TPSA) is 50.8 Å². The van der Waals surface area contributed by atoms with E-state index in [2.05, 4.69) is 28.4 Å². The van der Waals surface area contributed by atoms with Crippen LogP contribution in [0.4, 0.5) is 0 Å². The zero-order valence-electron chi connectivity index (χ0n) is 15.5. The van der Waals surface area contributed by atoms with Crippen LogP contribution < -0.4 is 10.1 Å². The first-order chi connectivity index (χ1) is 12.3. The Balaban J connectivity index is 1.60. The van der Waals surface area contributed by atoms with Gasteiger partial charge in [0.2, 0.25) is 5.91 Å². The van der Waals surface area contributed by atoms with Crippen LogP contribution >= 0.6 is 0 Å². The van der Waals surface area contributed by atoms with Crippen molar-refractivity contribution in [1.29, 1.82) is 0 Å². The Kier molecular flexibility index (Phi) is 9.37. The van der Waals surface area contributed by atoms with Gasteiger partial charge in [0.15, 0.2) is 0 Å². The summed E-state index contributed by atoms with van der Waals surface area (Å²) in [5, 5.41) is 2.91. The number of piperidine rings is 1. The molecule has 1 aromatic rings. The van der Waals surface area contributed by atoms with Crippen molar-refractivity contribution in [1.82, 2.24) is 10.2 Å². The van der Waals surface area contributed by atoms with E-state index in [1.54, 1.807) is 7.11 Å². The molecule has 1 aliphatic heterocycles. The van der Waals surface area contributed by atoms with Gasteiger partial charge in [0.1, 0.15) is 5.75 Å². The molecule has 0 atom stereocenters. The third-order valence-corrected chi connectivity index (χ3v) is 4.42. The Labute approximate surface area is 151 Å². The molecular formula is C20H32N2O3. The first-order valence-corrected chi connectivity index (χ1v) is 9.47. The van der Waals surface area contributed by atoms with Gasteiger partial charge in [-0.05, 0) is 56.5 Å². The number of likely N-dealkylation sites (tertiary alicyclic amines) is 1. The number of carbonyl (C=O) groups excluding carboxylic acids is 1. The number of methoxy groups -OCH3 is 1. The average molecular weight is 348 g/mol. The Morgan fingerprint density at radius 1 is 1.16 bits per heavy atom. The van der Waals surface area contributed by atoms with Crippen LogP contribution in [-0.4, -0.2) is 50.8 Å². The van der Waals surface area contributed by atoms with Crippen molar-refractivity contribution < 1.29 is 14.3 Å². The Morgan fingerprint density at radius 3 is 2.80 bits per heavy atom. The molecular weight excluding hydrogens is 316 g/mol. The maximum Gasteiger partial charge on any atom is 0.220 e. The van der Waals surface area contributed by atoms with Crippen LogP contribution in [0.5, 0.6) is 5.75 Å². The van der Waals surface area contributed by atoms with Gasteiger partial charge in [0.25, 0.3) is 0 Å². The Hall–Kier alpha value is -1.59. The van der Waals surface area contributed by atoms with Gasteiger partial charge in [-0.25, -0.2) is 0 Å². The van der Waals surface area contributed by atoms with E-state index in [1.165, 1.54) is 37.9 Å². The van der Waals surface area contributed by atoms with Crippen molar-refractivity contribution in [3.05, 3.63) is 29.8 Å². The van der Waals surface area contributed by atoms with Gasteiger partial charge in [0, 0.05) is 33.2 Å². The number of nitrogens with zero attached hydrogens (tertiary/aromatic N) is 1. The van der Waals surface area contributed by atoms with Crippen molar-refractivity contribution >= 4 is 5.91 Å². The summed E-state index contributed by atoms with van der Waals surface area (Å²) in [4.78, 5) is 14.1. The molecule has 0 aliphatic carbocycles. The van der Waals surface area contributed by atoms with E-state index >= 15 is 0 Å². The van der Waals surface area contributed by atoms with Crippen molar-refractivity contribution in [3.63, 3.8) is 0 Å². The number of ether oxygens (including phenoxy) is 2. The fourth-order valence-electron chi connectivity index (χ4n) is 3.06. The predicted molar refractivity (Wildman–Crippen MR) is 99.8 cm³/mol. The second-order valence-corrected chi connectivity index (χ2v) is 6.63. The predicted octanol–water partition coefficient (Wildman–Crippen LogP) is 2.98. The van der Waals surface area contributed by atoms with Crippen LogP contribution in [0.2, 0.25) is 0 Å². The Bertz CT molecular complexity index is 501. The third kappa shape index (κ3) is 8.36. The fraction of sp³-hybridized carbons (Fsp3) is 0.650. The molecule has 0 saturated carbocycles. The quantitative estimate of drug-likeness (QED) is 0.625. The summed E-state index contributed by atoms with van der Waals surface area (Å²) >= 11 is 0. The van der Waals surface area contributed by atoms with Crippen LogP contribution in [0.15, 0.2) is 24.3 Å². The molecule has 1 N–H and O–H groups in total. The van der Waals surface area contributed by atoms with E-state index in [4.69, 9.17) is 9.47 Å². The highest BCUT2D eigenvalue weighted by Gasteiger charge is 2.10. The third-order valence-electron chi connectivity index (χ3n) is 4.42. The molecule has 0 aromatic heterocycles. The lowest BCUT2D eigenvalue weighted by Gasteiger charge is -2.26. The lowest BCUT2D eigenvalue weighted by molar-refractivity contribution is -0.121. The molecule has 25 heavy (non-hydrogen) atoms. The molecule has 2 rings (SSSR count). The standard InChI is InChI=1S/C20H32N2O3/c1-24-14-6-10-20(23)21-11-7-15-25-19-9-5-8-18(16-19)17-22-12-3-2-4-13-22/h5,8-9,16H,2-4,6-7,10-15,17H2,1H3,(H,21,23). The van der Waals surface area contributed by atoms with Crippen LogP contribution in [0.1, 0.15) is 44.1 Å². The summed E-state index contributed by atoms with van der Waals surface area (Å²) in [5.41, 5.74) is 1.31. The lowest BCUT2D eigenvalue weighted by atomic mass is 10.1. The SMILES string of the molecule is COCCCC(=O)NCCCOc1cccc(CN2CCCCC2)c1. The van der Waals surface area contributed by atoms with E-state index in [1.807, 2.05) is 6.07 Å². The largest absolute Gasteiger partial charge is 0.494 e. The minimum Gasteiger partial charge on any atom is -0.494 e. The minimum atomic E-state index is 0.0839. The van der Waals surface area contributed by atoms with E-state index in [9.17, 15) is 4.79 Å². The number of rotatable bonds is 11. The second kappa shape index (κ2) is 11.9. The molecule has 0 bridgehead atoms. The molecule has 5 heteroatoms. The fourth-order valence-corrected chi connectivity index (χ4v) is 3.06. The highest BCUT2D eigenvalue weighted by molar-refractivity contribution is 5.75. The van der Waals surface area contributed by atoms with Gasteiger partial charge in [-0.3, -0.25) is 9.69 Å². The molecule has 140 valence electrons. The summed E-state index contributed by atoms with van der Waals surface area (Å²) in [7, 11) is 1.65. The second-order valence-electron chi connectivity index (χ2n) is 6.63. The molecule has 5 nitrogen and oxygen atoms in total. The van der Waals surface area contributed by atoms with E-state index in [-0.39, 0.29) is 5.91 Å². The normalized spacial score (nSPS) is 15.1. The summed E-state index contributed by atoms with van der Waals surface area (Å²) in [6.07, 6.45) is 6.09.